The first-order chi connectivity index (χ1) is 14.8. The quantitative estimate of drug-likeness (QED) is 0.448. The van der Waals surface area contributed by atoms with E-state index >= 15 is 0 Å². The molecule has 4 aliphatic rings. The standard InChI is InChI=1S/C30H50O2/c1-19(2)17-21(31)18-20(3)22-11-15-30(8)24-9-10-25-27(4,5)26(32)13-14-28(25,6)23(24)12-16-29(22,30)7/h9,17,20-23,25-26,31-32H,10-16,18H2,1-8H3/t20-,21?,22-,23-,25?,26-,28+,29-,30+/m0/s1. The van der Waals surface area contributed by atoms with Gasteiger partial charge in [0, 0.05) is 0 Å². The minimum absolute atomic E-state index is 0.00444. The van der Waals surface area contributed by atoms with Gasteiger partial charge in [0.2, 0.25) is 0 Å². The SMILES string of the molecule is CC(C)=CC(O)C[C@H](C)[C@@H]1CC[C@]2(C)C3=CCC4C(C)(C)[C@@H](O)CC[C@]4(C)[C@H]3CC[C@@]12C. The van der Waals surface area contributed by atoms with Gasteiger partial charge in [-0.15, -0.1) is 0 Å². The fourth-order valence-electron chi connectivity index (χ4n) is 9.65. The van der Waals surface area contributed by atoms with Gasteiger partial charge in [0.25, 0.3) is 0 Å². The molecule has 2 heteroatoms. The maximum Gasteiger partial charge on any atom is 0.0726 e. The molecule has 0 saturated heterocycles. The van der Waals surface area contributed by atoms with Gasteiger partial charge in [-0.25, -0.2) is 0 Å². The monoisotopic (exact) mass is 442 g/mol. The first-order valence-corrected chi connectivity index (χ1v) is 13.5. The van der Waals surface area contributed by atoms with Gasteiger partial charge >= 0.3 is 0 Å². The van der Waals surface area contributed by atoms with Crippen LogP contribution in [0.4, 0.5) is 0 Å². The van der Waals surface area contributed by atoms with E-state index in [4.69, 9.17) is 0 Å². The van der Waals surface area contributed by atoms with Gasteiger partial charge in [0.1, 0.15) is 0 Å². The third-order valence-electron chi connectivity index (χ3n) is 11.7. The van der Waals surface area contributed by atoms with E-state index in [-0.39, 0.29) is 23.0 Å². The molecule has 2 nitrogen and oxygen atoms in total. The van der Waals surface area contributed by atoms with E-state index in [1.165, 1.54) is 37.7 Å². The second-order valence-electron chi connectivity index (χ2n) is 13.8. The van der Waals surface area contributed by atoms with E-state index in [9.17, 15) is 10.2 Å². The maximum atomic E-state index is 10.8. The summed E-state index contributed by atoms with van der Waals surface area (Å²) in [5.41, 5.74) is 3.92. The van der Waals surface area contributed by atoms with Gasteiger partial charge in [-0.05, 0) is 111 Å². The third-order valence-corrected chi connectivity index (χ3v) is 11.7. The molecule has 0 aliphatic heterocycles. The summed E-state index contributed by atoms with van der Waals surface area (Å²) < 4.78 is 0. The van der Waals surface area contributed by atoms with Crippen molar-refractivity contribution in [2.45, 2.75) is 119 Å². The molecule has 0 spiro atoms. The predicted molar refractivity (Wildman–Crippen MR) is 134 cm³/mol. The van der Waals surface area contributed by atoms with E-state index in [2.05, 4.69) is 61.5 Å². The zero-order valence-corrected chi connectivity index (χ0v) is 22.2. The first-order valence-electron chi connectivity index (χ1n) is 13.5. The molecule has 3 saturated carbocycles. The Morgan fingerprint density at radius 2 is 1.75 bits per heavy atom. The van der Waals surface area contributed by atoms with E-state index in [1.54, 1.807) is 5.57 Å². The average Bonchev–Trinajstić information content (AvgIpc) is 2.96. The zero-order valence-electron chi connectivity index (χ0n) is 22.2. The summed E-state index contributed by atoms with van der Waals surface area (Å²) in [6, 6.07) is 0. The fourth-order valence-corrected chi connectivity index (χ4v) is 9.65. The molecule has 3 fully saturated rings. The second kappa shape index (κ2) is 7.98. The summed E-state index contributed by atoms with van der Waals surface area (Å²) in [5.74, 6) is 2.48. The van der Waals surface area contributed by atoms with Crippen molar-refractivity contribution in [1.29, 1.82) is 0 Å². The Hall–Kier alpha value is -0.600. The summed E-state index contributed by atoms with van der Waals surface area (Å²) in [5, 5.41) is 21.4. The van der Waals surface area contributed by atoms with Gasteiger partial charge in [0.15, 0.2) is 0 Å². The molecule has 2 unspecified atom stereocenters. The highest BCUT2D eigenvalue weighted by atomic mass is 16.3. The third kappa shape index (κ3) is 3.41. The molecule has 0 aromatic carbocycles. The highest BCUT2D eigenvalue weighted by Crippen LogP contribution is 2.73. The number of aliphatic hydroxyl groups is 2. The van der Waals surface area contributed by atoms with Crippen molar-refractivity contribution in [3.63, 3.8) is 0 Å². The van der Waals surface area contributed by atoms with Crippen molar-refractivity contribution >= 4 is 0 Å². The predicted octanol–water partition coefficient (Wildman–Crippen LogP) is 7.31. The van der Waals surface area contributed by atoms with Crippen LogP contribution in [-0.2, 0) is 0 Å². The van der Waals surface area contributed by atoms with Crippen LogP contribution in [0, 0.1) is 45.3 Å². The Balaban J connectivity index is 1.63. The van der Waals surface area contributed by atoms with Crippen LogP contribution in [0.25, 0.3) is 0 Å². The van der Waals surface area contributed by atoms with Crippen LogP contribution in [0.1, 0.15) is 107 Å². The lowest BCUT2D eigenvalue weighted by Gasteiger charge is -2.64. The Bertz CT molecular complexity index is 789. The van der Waals surface area contributed by atoms with Crippen LogP contribution >= 0.6 is 0 Å². The molecule has 2 N–H and O–H groups in total. The molecule has 9 atom stereocenters. The summed E-state index contributed by atoms with van der Waals surface area (Å²) in [4.78, 5) is 0. The summed E-state index contributed by atoms with van der Waals surface area (Å²) in [6.45, 7) is 18.9. The van der Waals surface area contributed by atoms with Crippen molar-refractivity contribution in [3.05, 3.63) is 23.3 Å². The van der Waals surface area contributed by atoms with E-state index in [0.717, 1.165) is 19.3 Å². The average molecular weight is 443 g/mol. The van der Waals surface area contributed by atoms with E-state index in [1.807, 2.05) is 6.08 Å². The number of hydrogen-bond acceptors (Lipinski definition) is 2. The van der Waals surface area contributed by atoms with Crippen molar-refractivity contribution in [2.75, 3.05) is 0 Å². The minimum Gasteiger partial charge on any atom is -0.393 e. The molecule has 0 aromatic heterocycles. The Kier molecular flexibility index (Phi) is 6.11. The lowest BCUT2D eigenvalue weighted by molar-refractivity contribution is -0.131. The van der Waals surface area contributed by atoms with Crippen molar-refractivity contribution in [3.8, 4) is 0 Å². The molecular formula is C30H50O2. The molecule has 4 aliphatic carbocycles. The summed E-state index contributed by atoms with van der Waals surface area (Å²) in [6.07, 6.45) is 13.6. The minimum atomic E-state index is -0.314. The van der Waals surface area contributed by atoms with Crippen LogP contribution in [0.15, 0.2) is 23.3 Å². The molecule has 0 amide bonds. The van der Waals surface area contributed by atoms with E-state index < -0.39 is 0 Å². The molecule has 32 heavy (non-hydrogen) atoms. The molecule has 182 valence electrons. The van der Waals surface area contributed by atoms with Gasteiger partial charge in [0.05, 0.1) is 12.2 Å². The van der Waals surface area contributed by atoms with E-state index in [0.29, 0.717) is 34.5 Å². The second-order valence-corrected chi connectivity index (χ2v) is 13.8. The van der Waals surface area contributed by atoms with Crippen molar-refractivity contribution in [1.82, 2.24) is 0 Å². The number of fused-ring (bicyclic) bond motifs is 5. The smallest absolute Gasteiger partial charge is 0.0726 e. The number of aliphatic hydroxyl groups excluding tert-OH is 2. The maximum absolute atomic E-state index is 10.8. The van der Waals surface area contributed by atoms with Crippen LogP contribution in [-0.4, -0.2) is 22.4 Å². The topological polar surface area (TPSA) is 40.5 Å². The van der Waals surface area contributed by atoms with Gasteiger partial charge < -0.3 is 10.2 Å². The Labute approximate surface area is 198 Å². The van der Waals surface area contributed by atoms with Gasteiger partial charge in [-0.2, -0.15) is 0 Å². The zero-order chi connectivity index (χ0) is 23.7. The lowest BCUT2D eigenvalue weighted by Crippen LogP contribution is -2.58. The molecule has 0 radical (unpaired) electrons. The Morgan fingerprint density at radius 3 is 2.41 bits per heavy atom. The normalized spacial score (nSPS) is 46.9. The largest absolute Gasteiger partial charge is 0.393 e. The number of allylic oxidation sites excluding steroid dienone is 3. The Morgan fingerprint density at radius 1 is 1.06 bits per heavy atom. The highest BCUT2D eigenvalue weighted by molar-refractivity contribution is 5.33. The van der Waals surface area contributed by atoms with Gasteiger partial charge in [-0.3, -0.25) is 0 Å². The molecule has 4 rings (SSSR count). The van der Waals surface area contributed by atoms with Crippen LogP contribution < -0.4 is 0 Å². The first kappa shape index (κ1) is 24.5. The summed E-state index contributed by atoms with van der Waals surface area (Å²) in [7, 11) is 0. The van der Waals surface area contributed by atoms with Crippen molar-refractivity contribution in [2.24, 2.45) is 45.3 Å². The van der Waals surface area contributed by atoms with Crippen LogP contribution in [0.2, 0.25) is 0 Å². The van der Waals surface area contributed by atoms with Crippen LogP contribution in [0.3, 0.4) is 0 Å². The molecule has 0 aromatic rings. The fraction of sp³-hybridized carbons (Fsp3) is 0.867. The number of hydrogen-bond donors (Lipinski definition) is 2. The molecule has 0 bridgehead atoms. The van der Waals surface area contributed by atoms with Crippen LogP contribution in [0.5, 0.6) is 0 Å². The lowest BCUT2D eigenvalue weighted by atomic mass is 9.41. The molecular weight excluding hydrogens is 392 g/mol. The summed E-state index contributed by atoms with van der Waals surface area (Å²) >= 11 is 0. The van der Waals surface area contributed by atoms with Crippen molar-refractivity contribution < 1.29 is 10.2 Å². The van der Waals surface area contributed by atoms with Gasteiger partial charge in [-0.1, -0.05) is 64.8 Å². The number of rotatable bonds is 4. The highest BCUT2D eigenvalue weighted by Gasteiger charge is 2.65. The molecule has 0 heterocycles.